The van der Waals surface area contributed by atoms with Crippen LogP contribution in [0.2, 0.25) is 0 Å². The van der Waals surface area contributed by atoms with Gasteiger partial charge in [-0.25, -0.2) is 0 Å². The van der Waals surface area contributed by atoms with Crippen molar-refractivity contribution in [2.75, 3.05) is 32.7 Å². The molecular formula is C25H31N5O2. The number of hydrogen-bond acceptors (Lipinski definition) is 6. The van der Waals surface area contributed by atoms with E-state index in [9.17, 15) is 4.79 Å². The molecule has 0 unspecified atom stereocenters. The van der Waals surface area contributed by atoms with Crippen molar-refractivity contribution in [2.24, 2.45) is 0 Å². The number of carbonyl (C=O) groups is 1. The molecule has 1 saturated heterocycles. The van der Waals surface area contributed by atoms with Crippen LogP contribution in [0.15, 0.2) is 59.1 Å². The quantitative estimate of drug-likeness (QED) is 0.588. The second-order valence-corrected chi connectivity index (χ2v) is 8.60. The number of piperazine rings is 1. The Morgan fingerprint density at radius 3 is 2.38 bits per heavy atom. The number of nitrogens with zero attached hydrogens (tertiary/aromatic N) is 4. The summed E-state index contributed by atoms with van der Waals surface area (Å²) in [6, 6.07) is 18.3. The third kappa shape index (κ3) is 6.02. The molecule has 3 aromatic rings. The lowest BCUT2D eigenvalue weighted by Gasteiger charge is -2.33. The molecule has 0 spiro atoms. The van der Waals surface area contributed by atoms with Crippen molar-refractivity contribution in [2.45, 2.75) is 32.9 Å². The molecule has 0 aliphatic carbocycles. The molecule has 0 atom stereocenters. The van der Waals surface area contributed by atoms with E-state index in [2.05, 4.69) is 51.2 Å². The van der Waals surface area contributed by atoms with Crippen LogP contribution < -0.4 is 5.32 Å². The third-order valence-electron chi connectivity index (χ3n) is 5.83. The van der Waals surface area contributed by atoms with Crippen molar-refractivity contribution in [3.05, 3.63) is 71.6 Å². The van der Waals surface area contributed by atoms with Gasteiger partial charge >= 0.3 is 0 Å². The number of hydrogen-bond donors (Lipinski definition) is 1. The van der Waals surface area contributed by atoms with Gasteiger partial charge in [0.2, 0.25) is 17.6 Å². The molecule has 2 heterocycles. The van der Waals surface area contributed by atoms with Crippen LogP contribution in [0.3, 0.4) is 0 Å². The van der Waals surface area contributed by atoms with Gasteiger partial charge in [-0.2, -0.15) is 4.98 Å². The summed E-state index contributed by atoms with van der Waals surface area (Å²) in [5.41, 5.74) is 3.38. The van der Waals surface area contributed by atoms with Gasteiger partial charge in [0.15, 0.2) is 0 Å². The minimum atomic E-state index is 0.0623. The average molecular weight is 434 g/mol. The summed E-state index contributed by atoms with van der Waals surface area (Å²) in [4.78, 5) is 21.3. The lowest BCUT2D eigenvalue weighted by molar-refractivity contribution is -0.122. The minimum Gasteiger partial charge on any atom is -0.351 e. The number of amides is 1. The summed E-state index contributed by atoms with van der Waals surface area (Å²) in [6.45, 7) is 9.41. The van der Waals surface area contributed by atoms with E-state index in [1.165, 1.54) is 5.56 Å². The highest BCUT2D eigenvalue weighted by Gasteiger charge is 2.21. The average Bonchev–Trinajstić information content (AvgIpc) is 3.28. The lowest BCUT2D eigenvalue weighted by atomic mass is 10.0. The zero-order valence-corrected chi connectivity index (χ0v) is 18.8. The van der Waals surface area contributed by atoms with Gasteiger partial charge in [0.25, 0.3) is 0 Å². The highest BCUT2D eigenvalue weighted by Crippen LogP contribution is 2.21. The van der Waals surface area contributed by atoms with Crippen LogP contribution in [0, 0.1) is 0 Å². The largest absolute Gasteiger partial charge is 0.351 e. The van der Waals surface area contributed by atoms with E-state index in [1.54, 1.807) is 0 Å². The topological polar surface area (TPSA) is 74.5 Å². The van der Waals surface area contributed by atoms with E-state index in [4.69, 9.17) is 4.52 Å². The summed E-state index contributed by atoms with van der Waals surface area (Å²) in [5.74, 6) is 1.82. The Morgan fingerprint density at radius 2 is 1.69 bits per heavy atom. The van der Waals surface area contributed by atoms with Gasteiger partial charge in [0.05, 0.1) is 13.1 Å². The fourth-order valence-corrected chi connectivity index (χ4v) is 3.81. The third-order valence-corrected chi connectivity index (χ3v) is 5.83. The lowest BCUT2D eigenvalue weighted by Crippen LogP contribution is -2.49. The van der Waals surface area contributed by atoms with Crippen LogP contribution in [0.25, 0.3) is 11.4 Å². The minimum absolute atomic E-state index is 0.0623. The van der Waals surface area contributed by atoms with Crippen LogP contribution >= 0.6 is 0 Å². The zero-order chi connectivity index (χ0) is 22.3. The van der Waals surface area contributed by atoms with Gasteiger partial charge in [-0.1, -0.05) is 73.6 Å². The summed E-state index contributed by atoms with van der Waals surface area (Å²) < 4.78 is 5.48. The summed E-state index contributed by atoms with van der Waals surface area (Å²) in [7, 11) is 0. The Balaban J connectivity index is 1.21. The molecule has 2 aromatic carbocycles. The highest BCUT2D eigenvalue weighted by molar-refractivity contribution is 5.78. The fraction of sp³-hybridized carbons (Fsp3) is 0.400. The molecule has 1 aliphatic rings. The Bertz CT molecular complexity index is 993. The number of nitrogens with one attached hydrogen (secondary N) is 1. The van der Waals surface area contributed by atoms with E-state index >= 15 is 0 Å². The molecule has 32 heavy (non-hydrogen) atoms. The summed E-state index contributed by atoms with van der Waals surface area (Å²) >= 11 is 0. The Hall–Kier alpha value is -3.03. The first-order chi connectivity index (χ1) is 15.6. The number of benzene rings is 2. The second-order valence-electron chi connectivity index (χ2n) is 8.60. The standard InChI is InChI=1S/C25H31N5O2/c1-19(2)21-8-10-22(11-9-21)25-27-24(32-28-25)18-30-14-12-29(13-15-30)17-23(31)26-16-20-6-4-3-5-7-20/h3-11,19H,12-18H2,1-2H3,(H,26,31). The van der Waals surface area contributed by atoms with Crippen molar-refractivity contribution in [3.8, 4) is 11.4 Å². The highest BCUT2D eigenvalue weighted by atomic mass is 16.5. The SMILES string of the molecule is CC(C)c1ccc(-c2noc(CN3CCN(CC(=O)NCc4ccccc4)CC3)n2)cc1. The van der Waals surface area contributed by atoms with Crippen LogP contribution in [-0.2, 0) is 17.9 Å². The van der Waals surface area contributed by atoms with Crippen molar-refractivity contribution in [1.29, 1.82) is 0 Å². The van der Waals surface area contributed by atoms with Crippen LogP contribution in [-0.4, -0.2) is 58.6 Å². The Morgan fingerprint density at radius 1 is 1.00 bits per heavy atom. The molecule has 1 amide bonds. The van der Waals surface area contributed by atoms with Crippen molar-refractivity contribution in [3.63, 3.8) is 0 Å². The van der Waals surface area contributed by atoms with Gasteiger partial charge in [-0.3, -0.25) is 14.6 Å². The molecule has 7 nitrogen and oxygen atoms in total. The van der Waals surface area contributed by atoms with Crippen LogP contribution in [0.4, 0.5) is 0 Å². The van der Waals surface area contributed by atoms with E-state index < -0.39 is 0 Å². The molecule has 0 saturated carbocycles. The molecule has 1 N–H and O–H groups in total. The molecule has 1 fully saturated rings. The first-order valence-corrected chi connectivity index (χ1v) is 11.2. The van der Waals surface area contributed by atoms with Crippen molar-refractivity contribution in [1.82, 2.24) is 25.3 Å². The smallest absolute Gasteiger partial charge is 0.241 e. The molecule has 4 rings (SSSR count). The molecule has 0 bridgehead atoms. The second kappa shape index (κ2) is 10.5. The van der Waals surface area contributed by atoms with Crippen LogP contribution in [0.1, 0.15) is 36.8 Å². The first kappa shape index (κ1) is 22.2. The molecule has 1 aromatic heterocycles. The van der Waals surface area contributed by atoms with E-state index in [1.807, 2.05) is 42.5 Å². The summed E-state index contributed by atoms with van der Waals surface area (Å²) in [5, 5.41) is 7.15. The number of carbonyl (C=O) groups excluding carboxylic acids is 1. The first-order valence-electron chi connectivity index (χ1n) is 11.2. The van der Waals surface area contributed by atoms with Gasteiger partial charge in [-0.05, 0) is 17.0 Å². The molecule has 7 heteroatoms. The predicted molar refractivity (Wildman–Crippen MR) is 124 cm³/mol. The fourth-order valence-electron chi connectivity index (χ4n) is 3.81. The van der Waals surface area contributed by atoms with Gasteiger partial charge in [0, 0.05) is 38.3 Å². The predicted octanol–water partition coefficient (Wildman–Crippen LogP) is 3.29. The molecule has 1 aliphatic heterocycles. The number of rotatable bonds is 8. The molecule has 168 valence electrons. The maximum Gasteiger partial charge on any atom is 0.241 e. The van der Waals surface area contributed by atoms with E-state index in [0.717, 1.165) is 37.3 Å². The molecular weight excluding hydrogens is 402 g/mol. The maximum atomic E-state index is 12.3. The van der Waals surface area contributed by atoms with E-state index in [-0.39, 0.29) is 5.91 Å². The molecule has 0 radical (unpaired) electrons. The normalized spacial score (nSPS) is 15.2. The van der Waals surface area contributed by atoms with Crippen LogP contribution in [0.5, 0.6) is 0 Å². The zero-order valence-electron chi connectivity index (χ0n) is 18.8. The maximum absolute atomic E-state index is 12.3. The van der Waals surface area contributed by atoms with Crippen molar-refractivity contribution < 1.29 is 9.32 Å². The van der Waals surface area contributed by atoms with Gasteiger partial charge in [0.1, 0.15) is 0 Å². The Labute approximate surface area is 189 Å². The van der Waals surface area contributed by atoms with Gasteiger partial charge < -0.3 is 9.84 Å². The van der Waals surface area contributed by atoms with Crippen molar-refractivity contribution >= 4 is 5.91 Å². The summed E-state index contributed by atoms with van der Waals surface area (Å²) in [6.07, 6.45) is 0. The Kier molecular flexibility index (Phi) is 7.29. The van der Waals surface area contributed by atoms with Gasteiger partial charge in [-0.15, -0.1) is 0 Å². The monoisotopic (exact) mass is 433 g/mol. The van der Waals surface area contributed by atoms with E-state index in [0.29, 0.717) is 37.3 Å². The number of aromatic nitrogens is 2.